The molecule has 0 saturated carbocycles. The van der Waals surface area contributed by atoms with E-state index in [1.54, 1.807) is 0 Å². The molecule has 0 atom stereocenters. The van der Waals surface area contributed by atoms with Crippen LogP contribution in [0.1, 0.15) is 12.0 Å². The lowest BCUT2D eigenvalue weighted by Gasteiger charge is -2.15. The highest BCUT2D eigenvalue weighted by Gasteiger charge is 2.04. The lowest BCUT2D eigenvalue weighted by atomic mass is 10.2. The second kappa shape index (κ2) is 5.42. The molecular weight excluding hydrogens is 236 g/mol. The van der Waals surface area contributed by atoms with Crippen molar-refractivity contribution in [2.75, 3.05) is 19.3 Å². The van der Waals surface area contributed by atoms with Gasteiger partial charge in [-0.2, -0.15) is 12.6 Å². The third-order valence-electron chi connectivity index (χ3n) is 2.63. The summed E-state index contributed by atoms with van der Waals surface area (Å²) in [6, 6.07) is 5.77. The number of aromatic amines is 1. The molecular formula is C12H16N2O2S. The van der Waals surface area contributed by atoms with E-state index in [0.29, 0.717) is 5.58 Å². The normalized spacial score (nSPS) is 11.5. The molecule has 1 aromatic carbocycles. The fourth-order valence-corrected chi connectivity index (χ4v) is 1.97. The van der Waals surface area contributed by atoms with Gasteiger partial charge < -0.3 is 9.32 Å². The SMILES string of the molecule is CN(CCCS)Cc1ccc2oc(=O)[nH]c2c1. The number of fused-ring (bicyclic) bond motifs is 1. The van der Waals surface area contributed by atoms with Crippen molar-refractivity contribution in [2.45, 2.75) is 13.0 Å². The Hall–Kier alpha value is -1.20. The third kappa shape index (κ3) is 3.14. The Kier molecular flexibility index (Phi) is 3.91. The minimum absolute atomic E-state index is 0.402. The minimum Gasteiger partial charge on any atom is -0.408 e. The summed E-state index contributed by atoms with van der Waals surface area (Å²) in [6.45, 7) is 1.88. The number of nitrogens with one attached hydrogen (secondary N) is 1. The molecule has 0 aliphatic heterocycles. The van der Waals surface area contributed by atoms with Gasteiger partial charge in [-0.3, -0.25) is 4.98 Å². The molecule has 0 aliphatic carbocycles. The molecule has 1 N–H and O–H groups in total. The highest BCUT2D eigenvalue weighted by Crippen LogP contribution is 2.13. The smallest absolute Gasteiger partial charge is 0.408 e. The molecule has 1 heterocycles. The molecule has 0 spiro atoms. The van der Waals surface area contributed by atoms with Gasteiger partial charge in [0.05, 0.1) is 5.52 Å². The lowest BCUT2D eigenvalue weighted by Crippen LogP contribution is -2.19. The van der Waals surface area contributed by atoms with Crippen molar-refractivity contribution in [2.24, 2.45) is 0 Å². The van der Waals surface area contributed by atoms with E-state index in [4.69, 9.17) is 4.42 Å². The summed E-state index contributed by atoms with van der Waals surface area (Å²) < 4.78 is 4.96. The fraction of sp³-hybridized carbons (Fsp3) is 0.417. The summed E-state index contributed by atoms with van der Waals surface area (Å²) in [7, 11) is 2.08. The molecule has 92 valence electrons. The van der Waals surface area contributed by atoms with Crippen LogP contribution in [0.25, 0.3) is 11.1 Å². The first-order valence-corrected chi connectivity index (χ1v) is 6.23. The van der Waals surface area contributed by atoms with E-state index in [0.717, 1.165) is 36.3 Å². The highest BCUT2D eigenvalue weighted by atomic mass is 32.1. The quantitative estimate of drug-likeness (QED) is 0.799. The number of nitrogens with zero attached hydrogens (tertiary/aromatic N) is 1. The standard InChI is InChI=1S/C12H16N2O2S/c1-14(5-2-6-17)8-9-3-4-11-10(7-9)13-12(15)16-11/h3-4,7,17H,2,5-6,8H2,1H3,(H,13,15). The van der Waals surface area contributed by atoms with Crippen molar-refractivity contribution in [3.05, 3.63) is 34.3 Å². The molecule has 5 heteroatoms. The van der Waals surface area contributed by atoms with Crippen LogP contribution in [0.2, 0.25) is 0 Å². The zero-order valence-corrected chi connectivity index (χ0v) is 10.7. The largest absolute Gasteiger partial charge is 0.417 e. The summed E-state index contributed by atoms with van der Waals surface area (Å²) in [5, 5.41) is 0. The van der Waals surface area contributed by atoms with Gasteiger partial charge in [-0.1, -0.05) is 6.07 Å². The zero-order valence-electron chi connectivity index (χ0n) is 9.77. The van der Waals surface area contributed by atoms with Gasteiger partial charge in [-0.05, 0) is 43.5 Å². The molecule has 2 aromatic rings. The van der Waals surface area contributed by atoms with Crippen LogP contribution in [0.5, 0.6) is 0 Å². The summed E-state index contributed by atoms with van der Waals surface area (Å²) in [5.41, 5.74) is 2.53. The van der Waals surface area contributed by atoms with Crippen molar-refractivity contribution in [1.29, 1.82) is 0 Å². The van der Waals surface area contributed by atoms with Crippen molar-refractivity contribution < 1.29 is 4.42 Å². The first-order valence-electron chi connectivity index (χ1n) is 5.60. The van der Waals surface area contributed by atoms with Gasteiger partial charge in [0.1, 0.15) is 0 Å². The molecule has 0 aliphatic rings. The summed E-state index contributed by atoms with van der Waals surface area (Å²) in [5.74, 6) is 0.499. The van der Waals surface area contributed by atoms with E-state index in [1.807, 2.05) is 18.2 Å². The topological polar surface area (TPSA) is 49.2 Å². The Morgan fingerprint density at radius 2 is 2.29 bits per heavy atom. The van der Waals surface area contributed by atoms with Gasteiger partial charge >= 0.3 is 5.76 Å². The zero-order chi connectivity index (χ0) is 12.3. The van der Waals surface area contributed by atoms with E-state index < -0.39 is 5.76 Å². The van der Waals surface area contributed by atoms with E-state index >= 15 is 0 Å². The summed E-state index contributed by atoms with van der Waals surface area (Å²) in [4.78, 5) is 15.9. The highest BCUT2D eigenvalue weighted by molar-refractivity contribution is 7.80. The van der Waals surface area contributed by atoms with Crippen LogP contribution in [0.3, 0.4) is 0 Å². The first-order chi connectivity index (χ1) is 8.19. The van der Waals surface area contributed by atoms with Crippen molar-refractivity contribution in [1.82, 2.24) is 9.88 Å². The van der Waals surface area contributed by atoms with Crippen molar-refractivity contribution in [3.8, 4) is 0 Å². The average molecular weight is 252 g/mol. The summed E-state index contributed by atoms with van der Waals surface area (Å²) >= 11 is 4.19. The monoisotopic (exact) mass is 252 g/mol. The maximum Gasteiger partial charge on any atom is 0.417 e. The van der Waals surface area contributed by atoms with Crippen molar-refractivity contribution >= 4 is 23.7 Å². The summed E-state index contributed by atoms with van der Waals surface area (Å²) in [6.07, 6.45) is 1.07. The van der Waals surface area contributed by atoms with Gasteiger partial charge in [0, 0.05) is 6.54 Å². The molecule has 0 radical (unpaired) electrons. The first kappa shape index (κ1) is 12.3. The van der Waals surface area contributed by atoms with E-state index in [1.165, 1.54) is 0 Å². The van der Waals surface area contributed by atoms with Gasteiger partial charge in [-0.15, -0.1) is 0 Å². The van der Waals surface area contributed by atoms with Crippen LogP contribution in [0.4, 0.5) is 0 Å². The predicted molar refractivity (Wildman–Crippen MR) is 71.6 cm³/mol. The molecule has 0 saturated heterocycles. The Morgan fingerprint density at radius 3 is 3.06 bits per heavy atom. The van der Waals surface area contributed by atoms with Crippen LogP contribution >= 0.6 is 12.6 Å². The molecule has 17 heavy (non-hydrogen) atoms. The molecule has 0 unspecified atom stereocenters. The maximum atomic E-state index is 11.0. The van der Waals surface area contributed by atoms with Gasteiger partial charge in [0.2, 0.25) is 0 Å². The van der Waals surface area contributed by atoms with Gasteiger partial charge in [0.15, 0.2) is 5.58 Å². The Labute approximate surface area is 105 Å². The van der Waals surface area contributed by atoms with Gasteiger partial charge in [-0.25, -0.2) is 4.79 Å². The Bertz CT molecular complexity index is 547. The van der Waals surface area contributed by atoms with Crippen LogP contribution in [0, 0.1) is 0 Å². The van der Waals surface area contributed by atoms with Crippen LogP contribution in [-0.2, 0) is 6.54 Å². The number of hydrogen-bond donors (Lipinski definition) is 2. The molecule has 0 amide bonds. The Balaban J connectivity index is 2.10. The average Bonchev–Trinajstić information content (AvgIpc) is 2.65. The van der Waals surface area contributed by atoms with Crippen molar-refractivity contribution in [3.63, 3.8) is 0 Å². The molecule has 4 nitrogen and oxygen atoms in total. The van der Waals surface area contributed by atoms with Gasteiger partial charge in [0.25, 0.3) is 0 Å². The van der Waals surface area contributed by atoms with Crippen LogP contribution < -0.4 is 5.76 Å². The number of rotatable bonds is 5. The number of H-pyrrole nitrogens is 1. The fourth-order valence-electron chi connectivity index (χ4n) is 1.83. The minimum atomic E-state index is -0.402. The van der Waals surface area contributed by atoms with E-state index in [9.17, 15) is 4.79 Å². The molecule has 1 aromatic heterocycles. The lowest BCUT2D eigenvalue weighted by molar-refractivity contribution is 0.329. The molecule has 2 rings (SSSR count). The number of oxazole rings is 1. The number of aromatic nitrogens is 1. The number of thiol groups is 1. The van der Waals surface area contributed by atoms with Crippen LogP contribution in [-0.4, -0.2) is 29.2 Å². The predicted octanol–water partition coefficient (Wildman–Crippen LogP) is 1.87. The van der Waals surface area contributed by atoms with E-state index in [2.05, 4.69) is 29.6 Å². The van der Waals surface area contributed by atoms with Crippen LogP contribution in [0.15, 0.2) is 27.4 Å². The molecule has 0 fully saturated rings. The number of hydrogen-bond acceptors (Lipinski definition) is 4. The third-order valence-corrected chi connectivity index (χ3v) is 2.95. The Morgan fingerprint density at radius 1 is 1.47 bits per heavy atom. The second-order valence-corrected chi connectivity index (χ2v) is 4.61. The second-order valence-electron chi connectivity index (χ2n) is 4.16. The maximum absolute atomic E-state index is 11.0. The van der Waals surface area contributed by atoms with E-state index in [-0.39, 0.29) is 0 Å². The number of benzene rings is 1. The molecule has 0 bridgehead atoms.